The minimum absolute atomic E-state index is 0.0267. The first-order valence-corrected chi connectivity index (χ1v) is 48.0. The predicted molar refractivity (Wildman–Crippen MR) is 508 cm³/mol. The van der Waals surface area contributed by atoms with Crippen LogP contribution in [0.3, 0.4) is 0 Å². The number of aryl methyl sites for hydroxylation is 2. The molecule has 0 fully saturated rings. The number of nitrogens with zero attached hydrogens (tertiary/aromatic N) is 1. The van der Waals surface area contributed by atoms with Crippen molar-refractivity contribution >= 4 is 12.0 Å². The van der Waals surface area contributed by atoms with Crippen LogP contribution in [0.5, 0.6) is 11.5 Å². The smallest absolute Gasteiger partial charge is 0.148 e. The van der Waals surface area contributed by atoms with E-state index in [0.717, 1.165) is 24.0 Å². The molecule has 624 valence electrons. The Morgan fingerprint density at radius 1 is 0.280 bits per heavy atom. The molecule has 4 nitrogen and oxygen atoms in total. The van der Waals surface area contributed by atoms with Gasteiger partial charge in [0.15, 0.2) is 0 Å². The van der Waals surface area contributed by atoms with Gasteiger partial charge in [-0.2, -0.15) is 0 Å². The lowest BCUT2D eigenvalue weighted by Gasteiger charge is -2.34. The van der Waals surface area contributed by atoms with Crippen molar-refractivity contribution in [2.45, 2.75) is 355 Å². The molecular formula is C114H145NO3. The van der Waals surface area contributed by atoms with Gasteiger partial charge in [0.1, 0.15) is 36.2 Å². The fraction of sp³-hybridized carbons (Fsp3) is 0.482. The molecule has 9 aromatic rings. The van der Waals surface area contributed by atoms with Crippen molar-refractivity contribution in [3.05, 3.63) is 255 Å². The number of aliphatic hydroxyl groups excluding tert-OH is 1. The monoisotopic (exact) mass is 1580 g/mol. The Balaban J connectivity index is 0.860. The molecular weight excluding hydrogens is 1430 g/mol. The molecule has 0 radical (unpaired) electrons. The molecule has 13 rings (SSSR count). The molecule has 0 saturated heterocycles. The fourth-order valence-corrected chi connectivity index (χ4v) is 21.0. The second-order valence-corrected chi connectivity index (χ2v) is 36.5. The van der Waals surface area contributed by atoms with Gasteiger partial charge in [-0.15, -0.1) is 0 Å². The van der Waals surface area contributed by atoms with Gasteiger partial charge in [0.05, 0.1) is 0 Å². The standard InChI is InChI=1S/C114H145NO3/c1-9-15-21-27-33-39-67-112(68-40-34-28-22-16-10-2)104-74-86(8)49-61-98(104)99-63-57-91(78-106(99)112)92-59-65-102-103-66-60-94(81-109(103)114(108(102)80-92,71-43-37-31-25-19-13-5)72-44-38-32-26-20-14-6)93-58-64-101-100-62-56-90(77-105(100)113(107(101)79-93,69-41-35-29-23-17-11-3)70-42-36-30-24-18-12-4)89-54-52-88(53-55-89)84-118-97-76-95(111(116)110-46-45-73-115-110)75-96(82-97)117-83-87-50-47-85(7)48-51-87/h45-66,73-82,116H,9-44,67-72,83-84H2,1-8H3/b111-110-. The predicted octanol–water partition coefficient (Wildman–Crippen LogP) is 34.6. The zero-order chi connectivity index (χ0) is 81.9. The molecule has 0 unspecified atom stereocenters. The Morgan fingerprint density at radius 2 is 0.542 bits per heavy atom. The Bertz CT molecular complexity index is 4720. The molecule has 1 aliphatic heterocycles. The molecule has 0 spiro atoms. The van der Waals surface area contributed by atoms with Gasteiger partial charge in [0, 0.05) is 34.1 Å². The molecule has 1 N–H and O–H groups in total. The summed E-state index contributed by atoms with van der Waals surface area (Å²) in [4.78, 5) is 4.40. The minimum Gasteiger partial charge on any atom is -0.505 e. The Hall–Kier alpha value is -8.47. The average molecular weight is 1580 g/mol. The summed E-state index contributed by atoms with van der Waals surface area (Å²) < 4.78 is 13.0. The van der Waals surface area contributed by atoms with E-state index in [1.165, 1.54) is 340 Å². The summed E-state index contributed by atoms with van der Waals surface area (Å²) in [6, 6.07) is 69.7. The fourth-order valence-electron chi connectivity index (χ4n) is 21.0. The highest BCUT2D eigenvalue weighted by molar-refractivity contribution is 5.91. The van der Waals surface area contributed by atoms with E-state index >= 15 is 0 Å². The molecule has 0 aromatic heterocycles. The van der Waals surface area contributed by atoms with Crippen LogP contribution in [0.15, 0.2) is 199 Å². The van der Waals surface area contributed by atoms with Crippen LogP contribution in [-0.2, 0) is 29.5 Å². The summed E-state index contributed by atoms with van der Waals surface area (Å²) in [5, 5.41) is 11.5. The molecule has 118 heavy (non-hydrogen) atoms. The van der Waals surface area contributed by atoms with E-state index in [4.69, 9.17) is 9.47 Å². The molecule has 0 saturated carbocycles. The van der Waals surface area contributed by atoms with E-state index in [1.807, 2.05) is 30.4 Å². The molecule has 0 atom stereocenters. The summed E-state index contributed by atoms with van der Waals surface area (Å²) in [5.74, 6) is 1.33. The summed E-state index contributed by atoms with van der Waals surface area (Å²) >= 11 is 0. The number of aliphatic imine (C=N–C) groups is 1. The number of benzene rings is 9. The number of fused-ring (bicyclic) bond motifs is 9. The number of unbranched alkanes of at least 4 members (excludes halogenated alkanes) is 30. The maximum Gasteiger partial charge on any atom is 0.148 e. The van der Waals surface area contributed by atoms with Crippen molar-refractivity contribution in [3.8, 4) is 78.3 Å². The van der Waals surface area contributed by atoms with Crippen LogP contribution in [0.4, 0.5) is 0 Å². The lowest BCUT2D eigenvalue weighted by Crippen LogP contribution is -2.26. The number of allylic oxidation sites excluding steroid dienone is 2. The highest BCUT2D eigenvalue weighted by atomic mass is 16.5. The quantitative estimate of drug-likeness (QED) is 0.0305. The Labute approximate surface area is 714 Å². The third kappa shape index (κ3) is 21.1. The molecule has 1 heterocycles. The van der Waals surface area contributed by atoms with Crippen LogP contribution < -0.4 is 9.47 Å². The maximum absolute atomic E-state index is 11.5. The number of hydrogen-bond acceptors (Lipinski definition) is 4. The summed E-state index contributed by atoms with van der Waals surface area (Å²) in [5.41, 5.74) is 32.0. The first-order chi connectivity index (χ1) is 58.0. The lowest BCUT2D eigenvalue weighted by molar-refractivity contribution is 0.289. The zero-order valence-corrected chi connectivity index (χ0v) is 74.3. The van der Waals surface area contributed by atoms with E-state index in [2.05, 4.69) is 218 Å². The normalized spacial score (nSPS) is 14.5. The van der Waals surface area contributed by atoms with E-state index in [-0.39, 0.29) is 22.0 Å². The van der Waals surface area contributed by atoms with Gasteiger partial charge in [-0.25, -0.2) is 0 Å². The third-order valence-corrected chi connectivity index (χ3v) is 27.8. The van der Waals surface area contributed by atoms with E-state index in [0.29, 0.717) is 36.0 Å². The zero-order valence-electron chi connectivity index (χ0n) is 74.3. The van der Waals surface area contributed by atoms with Crippen LogP contribution in [0, 0.1) is 13.8 Å². The Morgan fingerprint density at radius 3 is 0.847 bits per heavy atom. The summed E-state index contributed by atoms with van der Waals surface area (Å²) in [6.07, 6.45) is 59.5. The third-order valence-electron chi connectivity index (χ3n) is 27.8. The highest BCUT2D eigenvalue weighted by Gasteiger charge is 2.46. The van der Waals surface area contributed by atoms with Gasteiger partial charge in [-0.3, -0.25) is 4.99 Å². The van der Waals surface area contributed by atoms with E-state index in [1.54, 1.807) is 34.0 Å². The van der Waals surface area contributed by atoms with Crippen LogP contribution in [0.25, 0.3) is 72.5 Å². The summed E-state index contributed by atoms with van der Waals surface area (Å²) in [7, 11) is 0. The average Bonchev–Trinajstić information content (AvgIpc) is 1.56. The number of hydrogen-bond donors (Lipinski definition) is 1. The molecule has 9 aromatic carbocycles. The SMILES string of the molecule is CCCCCCCCC1(CCCCCCCC)c2cc(C)ccc2-c2ccc(-c3ccc4c(c3)C(CCCCCCCC)(CCCCCCCC)c3cc(-c5ccc6c(c5)C(CCCCCCCC)(CCCCCCCC)c5cc(-c7ccc(COc8cc(OCc9ccc(C)cc9)cc(/C(O)=C9\C=CC=N9)c8)cc7)ccc5-6)ccc3-4)cc21. The Kier molecular flexibility index (Phi) is 32.3. The van der Waals surface area contributed by atoms with Crippen molar-refractivity contribution in [2.75, 3.05) is 0 Å². The first-order valence-electron chi connectivity index (χ1n) is 48.0. The van der Waals surface area contributed by atoms with Crippen LogP contribution in [0.1, 0.15) is 372 Å². The minimum atomic E-state index is -0.119. The second kappa shape index (κ2) is 43.7. The van der Waals surface area contributed by atoms with Gasteiger partial charge in [0.2, 0.25) is 0 Å². The van der Waals surface area contributed by atoms with Crippen molar-refractivity contribution in [1.82, 2.24) is 0 Å². The molecule has 3 aliphatic carbocycles. The van der Waals surface area contributed by atoms with Crippen LogP contribution in [-0.4, -0.2) is 11.3 Å². The molecule has 0 amide bonds. The van der Waals surface area contributed by atoms with Gasteiger partial charge < -0.3 is 14.6 Å². The second-order valence-electron chi connectivity index (χ2n) is 36.5. The van der Waals surface area contributed by atoms with Gasteiger partial charge >= 0.3 is 0 Å². The van der Waals surface area contributed by atoms with Crippen molar-refractivity contribution in [1.29, 1.82) is 0 Å². The van der Waals surface area contributed by atoms with Crippen LogP contribution >= 0.6 is 0 Å². The maximum atomic E-state index is 11.5. The summed E-state index contributed by atoms with van der Waals surface area (Å²) in [6.45, 7) is 19.3. The molecule has 4 heteroatoms. The van der Waals surface area contributed by atoms with Gasteiger partial charge in [-0.1, -0.05) is 411 Å². The van der Waals surface area contributed by atoms with Gasteiger partial charge in [0.25, 0.3) is 0 Å². The van der Waals surface area contributed by atoms with Crippen molar-refractivity contribution in [3.63, 3.8) is 0 Å². The first kappa shape index (κ1) is 87.4. The number of rotatable bonds is 52. The highest BCUT2D eigenvalue weighted by Crippen LogP contribution is 2.60. The number of aliphatic hydroxyl groups is 1. The molecule has 4 aliphatic rings. The van der Waals surface area contributed by atoms with Crippen molar-refractivity contribution in [2.24, 2.45) is 4.99 Å². The lowest BCUT2D eigenvalue weighted by atomic mass is 9.69. The topological polar surface area (TPSA) is 51.0 Å². The van der Waals surface area contributed by atoms with Crippen molar-refractivity contribution < 1.29 is 14.6 Å². The number of ether oxygens (including phenoxy) is 2. The van der Waals surface area contributed by atoms with Gasteiger partial charge in [-0.05, 0) is 218 Å². The molecule has 0 bridgehead atoms. The van der Waals surface area contributed by atoms with Crippen LogP contribution in [0.2, 0.25) is 0 Å². The van der Waals surface area contributed by atoms with E-state index in [9.17, 15) is 5.11 Å². The largest absolute Gasteiger partial charge is 0.505 e. The van der Waals surface area contributed by atoms with E-state index < -0.39 is 0 Å².